The predicted octanol–water partition coefficient (Wildman–Crippen LogP) is 6.90. The molecule has 3 rings (SSSR count). The molecule has 0 saturated carbocycles. The second-order valence-corrected chi connectivity index (χ2v) is 7.96. The average molecular weight is 399 g/mol. The molecule has 5 heteroatoms. The Morgan fingerprint density at radius 2 is 1.85 bits per heavy atom. The van der Waals surface area contributed by atoms with Gasteiger partial charge < -0.3 is 4.74 Å². The van der Waals surface area contributed by atoms with Crippen LogP contribution in [0.25, 0.3) is 0 Å². The summed E-state index contributed by atoms with van der Waals surface area (Å²) in [6.07, 6.45) is 0.829. The van der Waals surface area contributed by atoms with Gasteiger partial charge in [-0.1, -0.05) is 68.4 Å². The highest BCUT2D eigenvalue weighted by Gasteiger charge is 2.09. The fourth-order valence-electron chi connectivity index (χ4n) is 2.58. The molecule has 27 heavy (non-hydrogen) atoms. The summed E-state index contributed by atoms with van der Waals surface area (Å²) >= 11 is 7.65. The van der Waals surface area contributed by atoms with Crippen LogP contribution in [-0.2, 0) is 12.2 Å². The molecule has 0 fully saturated rings. The molecule has 140 valence electrons. The maximum absolute atomic E-state index is 6.06. The first-order valence-electron chi connectivity index (χ1n) is 9.06. The molecule has 3 nitrogen and oxygen atoms in total. The van der Waals surface area contributed by atoms with Gasteiger partial charge >= 0.3 is 0 Å². The average Bonchev–Trinajstić information content (AvgIpc) is 2.66. The fraction of sp³-hybridized carbons (Fsp3) is 0.273. The normalized spacial score (nSPS) is 11.0. The van der Waals surface area contributed by atoms with Crippen molar-refractivity contribution in [3.05, 3.63) is 76.4 Å². The van der Waals surface area contributed by atoms with Crippen LogP contribution in [0, 0.1) is 0 Å². The minimum Gasteiger partial charge on any atom is -0.439 e. The third kappa shape index (κ3) is 5.72. The minimum absolute atomic E-state index is 0.453. The summed E-state index contributed by atoms with van der Waals surface area (Å²) in [5.41, 5.74) is 3.35. The van der Waals surface area contributed by atoms with Gasteiger partial charge in [-0.3, -0.25) is 0 Å². The highest BCUT2D eigenvalue weighted by atomic mass is 35.5. The standard InChI is InChI=1S/C22H23ClN2OS/c1-4-19-13-21(26-20-10-6-8-17(12-20)15(2)3)25-22(24-19)27-14-16-7-5-9-18(23)11-16/h5-13,15H,4,14H2,1-3H3. The lowest BCUT2D eigenvalue weighted by Crippen LogP contribution is -1.98. The number of ether oxygens (including phenoxy) is 1. The van der Waals surface area contributed by atoms with Crippen molar-refractivity contribution in [3.8, 4) is 11.6 Å². The molecular formula is C22H23ClN2OS. The molecular weight excluding hydrogens is 376 g/mol. The summed E-state index contributed by atoms with van der Waals surface area (Å²) in [7, 11) is 0. The quantitative estimate of drug-likeness (QED) is 0.320. The molecule has 0 atom stereocenters. The van der Waals surface area contributed by atoms with Crippen LogP contribution in [0.1, 0.15) is 43.5 Å². The van der Waals surface area contributed by atoms with Crippen LogP contribution in [0.3, 0.4) is 0 Å². The lowest BCUT2D eigenvalue weighted by molar-refractivity contribution is 0.453. The van der Waals surface area contributed by atoms with Gasteiger partial charge in [-0.25, -0.2) is 4.98 Å². The molecule has 1 aromatic heterocycles. The van der Waals surface area contributed by atoms with Crippen molar-refractivity contribution in [2.75, 3.05) is 0 Å². The smallest absolute Gasteiger partial charge is 0.223 e. The first-order chi connectivity index (χ1) is 13.0. The predicted molar refractivity (Wildman–Crippen MR) is 113 cm³/mol. The second-order valence-electron chi connectivity index (χ2n) is 6.58. The zero-order chi connectivity index (χ0) is 19.2. The van der Waals surface area contributed by atoms with Crippen LogP contribution in [0.4, 0.5) is 0 Å². The van der Waals surface area contributed by atoms with Crippen LogP contribution < -0.4 is 4.74 Å². The van der Waals surface area contributed by atoms with Gasteiger partial charge in [0.25, 0.3) is 0 Å². The number of rotatable bonds is 7. The molecule has 0 aliphatic rings. The van der Waals surface area contributed by atoms with E-state index in [1.807, 2.05) is 36.4 Å². The Morgan fingerprint density at radius 1 is 1.04 bits per heavy atom. The van der Waals surface area contributed by atoms with Crippen LogP contribution in [0.15, 0.2) is 59.8 Å². The number of benzene rings is 2. The largest absolute Gasteiger partial charge is 0.439 e. The Balaban J connectivity index is 1.78. The molecule has 1 heterocycles. The van der Waals surface area contributed by atoms with Crippen molar-refractivity contribution in [3.63, 3.8) is 0 Å². The number of hydrogen-bond acceptors (Lipinski definition) is 4. The molecule has 0 saturated heterocycles. The van der Waals surface area contributed by atoms with Gasteiger partial charge in [-0.05, 0) is 47.7 Å². The second kappa shape index (κ2) is 9.25. The maximum atomic E-state index is 6.06. The Kier molecular flexibility index (Phi) is 6.75. The Bertz CT molecular complexity index is 914. The summed E-state index contributed by atoms with van der Waals surface area (Å²) in [6, 6.07) is 17.9. The molecule has 2 aromatic carbocycles. The Morgan fingerprint density at radius 3 is 2.59 bits per heavy atom. The zero-order valence-corrected chi connectivity index (χ0v) is 17.3. The first kappa shape index (κ1) is 19.7. The number of thioether (sulfide) groups is 1. The van der Waals surface area contributed by atoms with E-state index in [4.69, 9.17) is 16.3 Å². The summed E-state index contributed by atoms with van der Waals surface area (Å²) in [5.74, 6) is 2.59. The summed E-state index contributed by atoms with van der Waals surface area (Å²) in [4.78, 5) is 9.20. The van der Waals surface area contributed by atoms with Gasteiger partial charge in [0.2, 0.25) is 5.88 Å². The van der Waals surface area contributed by atoms with E-state index < -0.39 is 0 Å². The maximum Gasteiger partial charge on any atom is 0.223 e. The number of nitrogens with zero attached hydrogens (tertiary/aromatic N) is 2. The highest BCUT2D eigenvalue weighted by Crippen LogP contribution is 2.27. The van der Waals surface area contributed by atoms with Crippen molar-refractivity contribution >= 4 is 23.4 Å². The number of halogens is 1. The molecule has 0 aliphatic carbocycles. The molecule has 3 aromatic rings. The van der Waals surface area contributed by atoms with E-state index in [0.29, 0.717) is 17.0 Å². The monoisotopic (exact) mass is 398 g/mol. The van der Waals surface area contributed by atoms with Gasteiger partial charge in [-0.15, -0.1) is 0 Å². The van der Waals surface area contributed by atoms with E-state index in [9.17, 15) is 0 Å². The van der Waals surface area contributed by atoms with Crippen molar-refractivity contribution in [2.45, 2.75) is 44.0 Å². The van der Waals surface area contributed by atoms with Crippen LogP contribution in [0.2, 0.25) is 5.02 Å². The topological polar surface area (TPSA) is 35.0 Å². The SMILES string of the molecule is CCc1cc(Oc2cccc(C(C)C)c2)nc(SCc2cccc(Cl)c2)n1. The molecule has 0 spiro atoms. The Hall–Kier alpha value is -2.04. The fourth-order valence-corrected chi connectivity index (χ4v) is 3.60. The van der Waals surface area contributed by atoms with E-state index in [1.165, 1.54) is 5.56 Å². The van der Waals surface area contributed by atoms with E-state index in [0.717, 1.165) is 34.2 Å². The van der Waals surface area contributed by atoms with Crippen molar-refractivity contribution < 1.29 is 4.74 Å². The van der Waals surface area contributed by atoms with Gasteiger partial charge in [-0.2, -0.15) is 4.98 Å². The van der Waals surface area contributed by atoms with Gasteiger partial charge in [0.15, 0.2) is 5.16 Å². The summed E-state index contributed by atoms with van der Waals surface area (Å²) in [5, 5.41) is 1.45. The van der Waals surface area contributed by atoms with Crippen molar-refractivity contribution in [2.24, 2.45) is 0 Å². The zero-order valence-electron chi connectivity index (χ0n) is 15.8. The van der Waals surface area contributed by atoms with Crippen LogP contribution in [-0.4, -0.2) is 9.97 Å². The van der Waals surface area contributed by atoms with E-state index in [1.54, 1.807) is 11.8 Å². The molecule has 0 radical (unpaired) electrons. The van der Waals surface area contributed by atoms with Crippen molar-refractivity contribution in [1.82, 2.24) is 9.97 Å². The lowest BCUT2D eigenvalue weighted by Gasteiger charge is -2.11. The van der Waals surface area contributed by atoms with E-state index in [2.05, 4.69) is 48.9 Å². The summed E-state index contributed by atoms with van der Waals surface area (Å²) in [6.45, 7) is 6.42. The summed E-state index contributed by atoms with van der Waals surface area (Å²) < 4.78 is 6.04. The molecule has 0 bridgehead atoms. The Labute approximate surface area is 170 Å². The lowest BCUT2D eigenvalue weighted by atomic mass is 10.0. The number of aromatic nitrogens is 2. The highest BCUT2D eigenvalue weighted by molar-refractivity contribution is 7.98. The third-order valence-corrected chi connectivity index (χ3v) is 5.26. The minimum atomic E-state index is 0.453. The van der Waals surface area contributed by atoms with Gasteiger partial charge in [0.05, 0.1) is 0 Å². The third-order valence-electron chi connectivity index (χ3n) is 4.10. The molecule has 0 amide bonds. The first-order valence-corrected chi connectivity index (χ1v) is 10.4. The van der Waals surface area contributed by atoms with Gasteiger partial charge in [0, 0.05) is 22.5 Å². The van der Waals surface area contributed by atoms with Crippen LogP contribution >= 0.6 is 23.4 Å². The molecule has 0 unspecified atom stereocenters. The van der Waals surface area contributed by atoms with Crippen molar-refractivity contribution in [1.29, 1.82) is 0 Å². The van der Waals surface area contributed by atoms with E-state index in [-0.39, 0.29) is 0 Å². The number of aryl methyl sites for hydroxylation is 1. The van der Waals surface area contributed by atoms with E-state index >= 15 is 0 Å². The van der Waals surface area contributed by atoms with Crippen LogP contribution in [0.5, 0.6) is 11.6 Å². The molecule has 0 aliphatic heterocycles. The number of hydrogen-bond donors (Lipinski definition) is 0. The van der Waals surface area contributed by atoms with Gasteiger partial charge in [0.1, 0.15) is 5.75 Å². The molecule has 0 N–H and O–H groups in total.